The van der Waals surface area contributed by atoms with Crippen molar-refractivity contribution in [1.82, 2.24) is 9.97 Å². The monoisotopic (exact) mass is 600 g/mol. The Morgan fingerprint density at radius 1 is 0.818 bits per heavy atom. The summed E-state index contributed by atoms with van der Waals surface area (Å²) in [4.78, 5) is 21.6. The molecule has 0 unspecified atom stereocenters. The van der Waals surface area contributed by atoms with Gasteiger partial charge in [-0.3, -0.25) is 4.98 Å². The molecule has 6 aromatic rings. The average molecular weight is 601 g/mol. The van der Waals surface area contributed by atoms with Gasteiger partial charge in [-0.2, -0.15) is 0 Å². The number of benzene rings is 3. The summed E-state index contributed by atoms with van der Waals surface area (Å²) in [5.74, 6) is 0.931. The summed E-state index contributed by atoms with van der Waals surface area (Å²) >= 11 is 1.40. The lowest BCUT2D eigenvalue weighted by molar-refractivity contribution is -0.130. The SMILES string of the molecule is Cc1cccc(Oc2c(/C=C(/C(=O)O)c3ccncc3)sc3cc(OCc4ccccc4)c(OCc4ccccc4)cc23)n1. The van der Waals surface area contributed by atoms with Gasteiger partial charge in [0, 0.05) is 40.3 Å². The first-order valence-corrected chi connectivity index (χ1v) is 14.8. The molecule has 218 valence electrons. The highest BCUT2D eigenvalue weighted by atomic mass is 32.1. The van der Waals surface area contributed by atoms with E-state index in [2.05, 4.69) is 9.97 Å². The van der Waals surface area contributed by atoms with Crippen molar-refractivity contribution in [2.24, 2.45) is 0 Å². The molecule has 8 heteroatoms. The van der Waals surface area contributed by atoms with Gasteiger partial charge >= 0.3 is 5.97 Å². The molecule has 0 atom stereocenters. The predicted molar refractivity (Wildman–Crippen MR) is 172 cm³/mol. The maximum absolute atomic E-state index is 12.4. The lowest BCUT2D eigenvalue weighted by Crippen LogP contribution is -2.00. The van der Waals surface area contributed by atoms with Crippen LogP contribution in [0.1, 0.15) is 27.3 Å². The van der Waals surface area contributed by atoms with Gasteiger partial charge < -0.3 is 19.3 Å². The summed E-state index contributed by atoms with van der Waals surface area (Å²) in [6.07, 6.45) is 4.76. The third-order valence-electron chi connectivity index (χ3n) is 6.78. The number of thiophene rings is 1. The van der Waals surface area contributed by atoms with Crippen molar-refractivity contribution < 1.29 is 24.1 Å². The first kappa shape index (κ1) is 28.6. The van der Waals surface area contributed by atoms with Gasteiger partial charge in [0.05, 0.1) is 10.5 Å². The summed E-state index contributed by atoms with van der Waals surface area (Å²) in [5.41, 5.74) is 3.48. The third kappa shape index (κ3) is 6.77. The molecule has 3 aromatic carbocycles. The molecular formula is C36H28N2O5S. The number of nitrogens with zero attached hydrogens (tertiary/aromatic N) is 2. The molecule has 0 amide bonds. The topological polar surface area (TPSA) is 90.8 Å². The van der Waals surface area contributed by atoms with Crippen LogP contribution in [0.4, 0.5) is 0 Å². The number of carboxylic acids is 1. The van der Waals surface area contributed by atoms with E-state index in [9.17, 15) is 9.90 Å². The minimum atomic E-state index is -1.06. The summed E-state index contributed by atoms with van der Waals surface area (Å²) in [5, 5.41) is 10.9. The highest BCUT2D eigenvalue weighted by Crippen LogP contribution is 2.46. The largest absolute Gasteiger partial charge is 0.485 e. The van der Waals surface area contributed by atoms with Crippen LogP contribution in [0, 0.1) is 6.92 Å². The van der Waals surface area contributed by atoms with Gasteiger partial charge in [0.2, 0.25) is 5.88 Å². The van der Waals surface area contributed by atoms with Crippen LogP contribution in [-0.2, 0) is 18.0 Å². The van der Waals surface area contributed by atoms with Crippen molar-refractivity contribution >= 4 is 39.0 Å². The van der Waals surface area contributed by atoms with Crippen molar-refractivity contribution in [2.45, 2.75) is 20.1 Å². The van der Waals surface area contributed by atoms with Crippen molar-refractivity contribution in [3.63, 3.8) is 0 Å². The van der Waals surface area contributed by atoms with Gasteiger partial charge in [0.25, 0.3) is 0 Å². The Hall–Kier alpha value is -5.47. The predicted octanol–water partition coefficient (Wildman–Crippen LogP) is 8.58. The molecule has 44 heavy (non-hydrogen) atoms. The number of aromatic nitrogens is 2. The Labute approximate surface area is 258 Å². The Morgan fingerprint density at radius 3 is 2.07 bits per heavy atom. The molecule has 0 aliphatic rings. The number of rotatable bonds is 11. The van der Waals surface area contributed by atoms with Crippen molar-refractivity contribution in [3.05, 3.63) is 143 Å². The highest BCUT2D eigenvalue weighted by Gasteiger charge is 2.21. The first-order valence-electron chi connectivity index (χ1n) is 13.9. The van der Waals surface area contributed by atoms with E-state index in [-0.39, 0.29) is 5.57 Å². The summed E-state index contributed by atoms with van der Waals surface area (Å²) in [6.45, 7) is 2.58. The van der Waals surface area contributed by atoms with E-state index in [1.165, 1.54) is 11.3 Å². The van der Waals surface area contributed by atoms with Crippen LogP contribution >= 0.6 is 11.3 Å². The second kappa shape index (κ2) is 13.2. The average Bonchev–Trinajstić information content (AvgIpc) is 3.37. The quantitative estimate of drug-likeness (QED) is 0.149. The van der Waals surface area contributed by atoms with Gasteiger partial charge in [-0.05, 0) is 54.0 Å². The molecule has 3 heterocycles. The van der Waals surface area contributed by atoms with Crippen LogP contribution in [-0.4, -0.2) is 21.0 Å². The zero-order valence-electron chi connectivity index (χ0n) is 23.8. The Kier molecular flexibility index (Phi) is 8.61. The molecule has 0 spiro atoms. The fourth-order valence-electron chi connectivity index (χ4n) is 4.61. The molecule has 0 radical (unpaired) electrons. The second-order valence-electron chi connectivity index (χ2n) is 9.96. The van der Waals surface area contributed by atoms with Crippen molar-refractivity contribution in [3.8, 4) is 23.1 Å². The molecule has 0 aliphatic carbocycles. The van der Waals surface area contributed by atoms with Gasteiger partial charge in [-0.25, -0.2) is 9.78 Å². The van der Waals surface area contributed by atoms with Gasteiger partial charge in [-0.1, -0.05) is 66.7 Å². The fraction of sp³-hybridized carbons (Fsp3) is 0.0833. The van der Waals surface area contributed by atoms with Gasteiger partial charge in [0.1, 0.15) is 13.2 Å². The molecule has 6 rings (SSSR count). The van der Waals surface area contributed by atoms with Crippen LogP contribution in [0.15, 0.2) is 116 Å². The Bertz CT molecular complexity index is 1920. The second-order valence-corrected chi connectivity index (χ2v) is 11.0. The minimum absolute atomic E-state index is 0.113. The molecule has 0 fully saturated rings. The Morgan fingerprint density at radius 2 is 1.45 bits per heavy atom. The lowest BCUT2D eigenvalue weighted by atomic mass is 10.1. The van der Waals surface area contributed by atoms with E-state index in [1.54, 1.807) is 36.7 Å². The standard InChI is InChI=1S/C36H28N2O5S/c1-24-9-8-14-34(38-24)43-35-29-19-30(41-22-25-10-4-2-5-11-25)31(42-23-26-12-6-3-7-13-26)21-32(29)44-33(35)20-28(36(39)40)27-15-17-37-18-16-27/h2-21H,22-23H2,1H3,(H,39,40)/b28-20+. The summed E-state index contributed by atoms with van der Waals surface area (Å²) in [6, 6.07) is 32.5. The van der Waals surface area contributed by atoms with Crippen LogP contribution in [0.3, 0.4) is 0 Å². The maximum Gasteiger partial charge on any atom is 0.336 e. The molecule has 3 aromatic heterocycles. The smallest absolute Gasteiger partial charge is 0.336 e. The zero-order valence-corrected chi connectivity index (χ0v) is 24.7. The molecule has 0 saturated heterocycles. The van der Waals surface area contributed by atoms with Crippen LogP contribution in [0.2, 0.25) is 0 Å². The number of carbonyl (C=O) groups is 1. The van der Waals surface area contributed by atoms with E-state index in [0.29, 0.717) is 46.8 Å². The number of hydrogen-bond donors (Lipinski definition) is 1. The highest BCUT2D eigenvalue weighted by molar-refractivity contribution is 7.20. The number of fused-ring (bicyclic) bond motifs is 1. The number of hydrogen-bond acceptors (Lipinski definition) is 7. The van der Waals surface area contributed by atoms with E-state index >= 15 is 0 Å². The van der Waals surface area contributed by atoms with Crippen molar-refractivity contribution in [2.75, 3.05) is 0 Å². The third-order valence-corrected chi connectivity index (χ3v) is 7.86. The normalized spacial score (nSPS) is 11.3. The van der Waals surface area contributed by atoms with Crippen LogP contribution in [0.25, 0.3) is 21.7 Å². The first-order chi connectivity index (χ1) is 21.5. The molecule has 0 saturated carbocycles. The van der Waals surface area contributed by atoms with E-state index in [1.807, 2.05) is 91.9 Å². The van der Waals surface area contributed by atoms with E-state index in [0.717, 1.165) is 26.9 Å². The van der Waals surface area contributed by atoms with E-state index < -0.39 is 5.97 Å². The number of aryl methyl sites for hydroxylation is 1. The van der Waals surface area contributed by atoms with Gasteiger partial charge in [-0.15, -0.1) is 11.3 Å². The number of ether oxygens (including phenoxy) is 3. The fourth-order valence-corrected chi connectivity index (χ4v) is 5.69. The summed E-state index contributed by atoms with van der Waals surface area (Å²) in [7, 11) is 0. The zero-order chi connectivity index (χ0) is 30.3. The molecule has 0 aliphatic heterocycles. The number of pyridine rings is 2. The summed E-state index contributed by atoms with van der Waals surface area (Å²) < 4.78 is 19.9. The van der Waals surface area contributed by atoms with E-state index in [4.69, 9.17) is 14.2 Å². The molecule has 1 N–H and O–H groups in total. The molecule has 0 bridgehead atoms. The van der Waals surface area contributed by atoms with Crippen LogP contribution in [0.5, 0.6) is 23.1 Å². The van der Waals surface area contributed by atoms with Crippen molar-refractivity contribution in [1.29, 1.82) is 0 Å². The molecule has 7 nitrogen and oxygen atoms in total. The number of carboxylic acid groups (broad SMARTS) is 1. The van der Waals surface area contributed by atoms with Gasteiger partial charge in [0.15, 0.2) is 17.2 Å². The Balaban J connectivity index is 1.48. The lowest BCUT2D eigenvalue weighted by Gasteiger charge is -2.14. The number of aliphatic carboxylic acids is 1. The maximum atomic E-state index is 12.4. The molecular weight excluding hydrogens is 572 g/mol. The minimum Gasteiger partial charge on any atom is -0.485 e. The van der Waals surface area contributed by atoms with Crippen LogP contribution < -0.4 is 14.2 Å².